The molecule has 0 aromatic rings. The molecule has 0 bridgehead atoms. The van der Waals surface area contributed by atoms with Crippen LogP contribution in [0.4, 0.5) is 0 Å². The fraction of sp³-hybridized carbons (Fsp3) is 0.948. The number of aliphatic hydroxyl groups excluding tert-OH is 15. The number of allylic oxidation sites excluding steroid dienone is 2. The number of rotatable bonds is 13. The third-order valence-corrected chi connectivity index (χ3v) is 22.7. The summed E-state index contributed by atoms with van der Waals surface area (Å²) in [6, 6.07) is 0. The SMILES string of the molecule is C[C@@H]1O[C@@H](O[C@H]2[C@H](O)[C@@H](O)[C@H](OC[C@H]3O[C@@H](OC(=O)[C@]45CCC(C)(C)C[C@H]4C4=CC[C@@H]6[C@@]7(C)CC[C@H](O[C@@H]8OC[C@H](O[C@@H]9O[C@H](CO)[C@@H](O)[C@H](O)[C@H]9O)[C@H](O)[C@H]8O)[C@@](C)(O)[C@@H]7CC[C@@]6(C)[C@]4(C)CC5)[C@H](O)[C@@H](O)[C@@H]3O)O[C@@H]2CO)[C@H](O)[C@H](O)[C@H]1O. The van der Waals surface area contributed by atoms with Crippen LogP contribution in [0.3, 0.4) is 0 Å². The van der Waals surface area contributed by atoms with Crippen molar-refractivity contribution in [2.75, 3.05) is 26.4 Å². The quantitative estimate of drug-likeness (QED) is 0.0477. The van der Waals surface area contributed by atoms with Crippen LogP contribution in [0.25, 0.3) is 0 Å². The second-order valence-electron chi connectivity index (χ2n) is 28.1. The van der Waals surface area contributed by atoms with Crippen LogP contribution in [0.15, 0.2) is 11.6 Å². The summed E-state index contributed by atoms with van der Waals surface area (Å²) >= 11 is 0. The molecule has 85 heavy (non-hydrogen) atoms. The summed E-state index contributed by atoms with van der Waals surface area (Å²) in [6.07, 6.45) is -31.4. The average molecular weight is 1220 g/mol. The Morgan fingerprint density at radius 2 is 1.14 bits per heavy atom. The highest BCUT2D eigenvalue weighted by Crippen LogP contribution is 2.75. The zero-order valence-electron chi connectivity index (χ0n) is 49.3. The van der Waals surface area contributed by atoms with Crippen LogP contribution in [0.5, 0.6) is 0 Å². The normalized spacial score (nSPS) is 55.3. The van der Waals surface area contributed by atoms with Crippen LogP contribution in [0, 0.1) is 44.8 Å². The molecule has 16 N–H and O–H groups in total. The minimum Gasteiger partial charge on any atom is -0.432 e. The number of carbonyl (C=O) groups is 1. The Labute approximate surface area is 493 Å². The highest BCUT2D eigenvalue weighted by molar-refractivity contribution is 5.79. The van der Waals surface area contributed by atoms with Gasteiger partial charge in [-0.15, -0.1) is 0 Å². The van der Waals surface area contributed by atoms with Crippen LogP contribution in [-0.2, 0) is 52.2 Å². The molecule has 5 saturated heterocycles. The van der Waals surface area contributed by atoms with Crippen molar-refractivity contribution in [3.8, 4) is 0 Å². The first-order chi connectivity index (χ1) is 39.8. The van der Waals surface area contributed by atoms with Gasteiger partial charge in [-0.2, -0.15) is 0 Å². The molecular formula is C58H94O27. The Kier molecular flexibility index (Phi) is 18.9. The molecule has 5 heterocycles. The van der Waals surface area contributed by atoms with Gasteiger partial charge >= 0.3 is 5.97 Å². The third-order valence-electron chi connectivity index (χ3n) is 22.7. The summed E-state index contributed by atoms with van der Waals surface area (Å²) in [7, 11) is 0. The summed E-state index contributed by atoms with van der Waals surface area (Å²) < 4.78 is 58.3. The molecule has 4 saturated carbocycles. The summed E-state index contributed by atoms with van der Waals surface area (Å²) in [5.74, 6) is -1.14. The van der Waals surface area contributed by atoms with Gasteiger partial charge < -0.3 is 129 Å². The van der Waals surface area contributed by atoms with Gasteiger partial charge in [0.05, 0.1) is 49.7 Å². The molecule has 33 atom stereocenters. The molecule has 488 valence electrons. The van der Waals surface area contributed by atoms with E-state index in [1.54, 1.807) is 6.92 Å². The second kappa shape index (κ2) is 24.4. The molecule has 5 aliphatic heterocycles. The van der Waals surface area contributed by atoms with Crippen LogP contribution in [0.1, 0.15) is 113 Å². The molecule has 5 aliphatic carbocycles. The first kappa shape index (κ1) is 66.1. The van der Waals surface area contributed by atoms with Crippen molar-refractivity contribution >= 4 is 5.97 Å². The monoisotopic (exact) mass is 1220 g/mol. The molecule has 0 unspecified atom stereocenters. The minimum absolute atomic E-state index is 0.0695. The van der Waals surface area contributed by atoms with E-state index >= 15 is 4.79 Å². The smallest absolute Gasteiger partial charge is 0.315 e. The zero-order valence-corrected chi connectivity index (χ0v) is 49.3. The summed E-state index contributed by atoms with van der Waals surface area (Å²) in [6.45, 7) is 11.9. The predicted octanol–water partition coefficient (Wildman–Crippen LogP) is -3.82. The van der Waals surface area contributed by atoms with E-state index < -0.39 is 201 Å². The van der Waals surface area contributed by atoms with Gasteiger partial charge in [0.2, 0.25) is 6.29 Å². The average Bonchev–Trinajstić information content (AvgIpc) is 0.864. The molecule has 0 spiro atoms. The van der Waals surface area contributed by atoms with Crippen molar-refractivity contribution in [3.05, 3.63) is 11.6 Å². The third kappa shape index (κ3) is 11.2. The summed E-state index contributed by atoms with van der Waals surface area (Å²) in [5, 5.41) is 173. The van der Waals surface area contributed by atoms with E-state index in [9.17, 15) is 81.7 Å². The standard InChI is InChI=1S/C58H94O27/c1-23-33(61)37(65)42(70)49(78-23)84-46-27(20-60)80-47(45(73)40(46)68)76-21-28-35(63)39(67)44(72)51(82-28)85-52(74)58-16-14-53(2,3)18-25(58)24-8-9-30-54(4)12-11-32(57(7,75)31(54)10-13-56(30,6)55(24,5)15-17-58)83-48-41(69)36(64)29(22-77-48)81-50-43(71)38(66)34(62)26(19-59)79-50/h8,23,25-51,59-73,75H,9-22H2,1-7H3/t23-,25-,26+,27+,28+,29-,30+,31+,32-,33-,34+,35+,36-,37+,38-,39-,40+,41+,42+,43+,44+,45+,46+,47+,48-,49-,50-,51-,54+,55+,56+,57-,58-/m0/s1. The maximum absolute atomic E-state index is 15.2. The maximum atomic E-state index is 15.2. The number of hydrogen-bond acceptors (Lipinski definition) is 27. The highest BCUT2D eigenvalue weighted by atomic mass is 16.8. The van der Waals surface area contributed by atoms with Crippen molar-refractivity contribution in [2.24, 2.45) is 44.8 Å². The lowest BCUT2D eigenvalue weighted by molar-refractivity contribution is -0.361. The van der Waals surface area contributed by atoms with Gasteiger partial charge in [-0.3, -0.25) is 4.79 Å². The molecule has 27 nitrogen and oxygen atoms in total. The van der Waals surface area contributed by atoms with Crippen molar-refractivity contribution < 1.29 is 134 Å². The largest absolute Gasteiger partial charge is 0.432 e. The summed E-state index contributed by atoms with van der Waals surface area (Å²) in [5.41, 5.74) is -2.69. The molecule has 0 aromatic heterocycles. The number of carbonyl (C=O) groups excluding carboxylic acids is 1. The topological polar surface area (TPSA) is 433 Å². The first-order valence-corrected chi connectivity index (χ1v) is 30.3. The van der Waals surface area contributed by atoms with Gasteiger partial charge in [-0.1, -0.05) is 46.3 Å². The molecule has 0 amide bonds. The van der Waals surface area contributed by atoms with Crippen molar-refractivity contribution in [1.82, 2.24) is 0 Å². The van der Waals surface area contributed by atoms with Gasteiger partial charge in [0, 0.05) is 0 Å². The van der Waals surface area contributed by atoms with Crippen LogP contribution < -0.4 is 0 Å². The number of esters is 1. The Morgan fingerprint density at radius 1 is 0.565 bits per heavy atom. The van der Waals surface area contributed by atoms with E-state index in [4.69, 9.17) is 47.4 Å². The van der Waals surface area contributed by atoms with Crippen molar-refractivity contribution in [2.45, 2.75) is 272 Å². The molecule has 10 rings (SSSR count). The fourth-order valence-corrected chi connectivity index (χ4v) is 17.2. The number of ether oxygens (including phenoxy) is 10. The fourth-order valence-electron chi connectivity index (χ4n) is 17.2. The van der Waals surface area contributed by atoms with Gasteiger partial charge in [-0.05, 0) is 117 Å². The first-order valence-electron chi connectivity index (χ1n) is 30.3. The second-order valence-corrected chi connectivity index (χ2v) is 28.1. The highest BCUT2D eigenvalue weighted by Gasteiger charge is 2.71. The molecular weight excluding hydrogens is 1130 g/mol. The van der Waals surface area contributed by atoms with Gasteiger partial charge in [-0.25, -0.2) is 0 Å². The molecule has 10 aliphatic rings. The lowest BCUT2D eigenvalue weighted by Crippen LogP contribution is -2.68. The van der Waals surface area contributed by atoms with Gasteiger partial charge in [0.1, 0.15) is 110 Å². The van der Waals surface area contributed by atoms with Gasteiger partial charge in [0.25, 0.3) is 0 Å². The van der Waals surface area contributed by atoms with Crippen molar-refractivity contribution in [3.63, 3.8) is 0 Å². The van der Waals surface area contributed by atoms with Crippen LogP contribution >= 0.6 is 0 Å². The van der Waals surface area contributed by atoms with E-state index in [-0.39, 0.29) is 35.2 Å². The number of aliphatic hydroxyl groups is 16. The number of hydrogen-bond donors (Lipinski definition) is 16. The lowest BCUT2D eigenvalue weighted by Gasteiger charge is -2.71. The van der Waals surface area contributed by atoms with Crippen LogP contribution in [0.2, 0.25) is 0 Å². The Hall–Kier alpha value is -1.79. The van der Waals surface area contributed by atoms with Crippen LogP contribution in [-0.4, -0.2) is 273 Å². The van der Waals surface area contributed by atoms with Crippen molar-refractivity contribution in [1.29, 1.82) is 0 Å². The molecule has 0 radical (unpaired) electrons. The van der Waals surface area contributed by atoms with E-state index in [0.29, 0.717) is 57.8 Å². The van der Waals surface area contributed by atoms with E-state index in [1.165, 1.54) is 6.92 Å². The predicted molar refractivity (Wildman–Crippen MR) is 285 cm³/mol. The minimum atomic E-state index is -1.90. The van der Waals surface area contributed by atoms with E-state index in [0.717, 1.165) is 12.0 Å². The van der Waals surface area contributed by atoms with Gasteiger partial charge in [0.15, 0.2) is 25.2 Å². The van der Waals surface area contributed by atoms with E-state index in [2.05, 4.69) is 40.7 Å². The lowest BCUT2D eigenvalue weighted by atomic mass is 9.34. The maximum Gasteiger partial charge on any atom is 0.315 e. The Balaban J connectivity index is 0.801. The zero-order chi connectivity index (χ0) is 62.0. The molecule has 9 fully saturated rings. The molecule has 27 heteroatoms. The Bertz CT molecular complexity index is 2360. The summed E-state index contributed by atoms with van der Waals surface area (Å²) in [4.78, 5) is 15.2. The number of fused-ring (bicyclic) bond motifs is 7. The Morgan fingerprint density at radius 3 is 1.81 bits per heavy atom. The molecule has 0 aromatic carbocycles. The van der Waals surface area contributed by atoms with E-state index in [1.807, 2.05) is 0 Å².